The second-order valence-electron chi connectivity index (χ2n) is 15.8. The van der Waals surface area contributed by atoms with Crippen LogP contribution in [0.1, 0.15) is 23.6 Å². The topological polar surface area (TPSA) is 3.24 Å². The Morgan fingerprint density at radius 2 is 0.814 bits per heavy atom. The molecule has 10 aromatic carbocycles. The summed E-state index contributed by atoms with van der Waals surface area (Å²) in [6.45, 7) is 2.39. The molecule has 1 nitrogen and oxygen atoms in total. The highest BCUT2D eigenvalue weighted by Gasteiger charge is 2.41. The number of benzene rings is 10. The molecule has 278 valence electrons. The fourth-order valence-electron chi connectivity index (χ4n) is 9.51. The van der Waals surface area contributed by atoms with E-state index in [1.54, 1.807) is 0 Å². The van der Waals surface area contributed by atoms with Crippen molar-refractivity contribution >= 4 is 38.6 Å². The van der Waals surface area contributed by atoms with Crippen molar-refractivity contribution in [3.05, 3.63) is 247 Å². The summed E-state index contributed by atoms with van der Waals surface area (Å²) < 4.78 is 0. The molecular weight excluding hydrogens is 711 g/mol. The van der Waals surface area contributed by atoms with Gasteiger partial charge in [-0.15, -0.1) is 0 Å². The van der Waals surface area contributed by atoms with Gasteiger partial charge in [-0.1, -0.05) is 194 Å². The predicted molar refractivity (Wildman–Crippen MR) is 250 cm³/mol. The maximum absolute atomic E-state index is 2.44. The molecule has 10 aromatic rings. The van der Waals surface area contributed by atoms with Crippen molar-refractivity contribution in [2.24, 2.45) is 0 Å². The first kappa shape index (κ1) is 34.7. The average molecular weight is 752 g/mol. The second-order valence-corrected chi connectivity index (χ2v) is 15.8. The van der Waals surface area contributed by atoms with Crippen LogP contribution < -0.4 is 4.90 Å². The summed E-state index contributed by atoms with van der Waals surface area (Å²) in [5.74, 6) is 0. The van der Waals surface area contributed by atoms with Crippen molar-refractivity contribution in [1.29, 1.82) is 0 Å². The fourth-order valence-corrected chi connectivity index (χ4v) is 9.51. The van der Waals surface area contributed by atoms with E-state index in [9.17, 15) is 0 Å². The molecule has 59 heavy (non-hydrogen) atoms. The molecule has 1 aliphatic carbocycles. The molecule has 1 aliphatic rings. The van der Waals surface area contributed by atoms with E-state index < -0.39 is 0 Å². The number of nitrogens with zero attached hydrogens (tertiary/aromatic N) is 1. The Morgan fingerprint density at radius 3 is 1.54 bits per heavy atom. The lowest BCUT2D eigenvalue weighted by Gasteiger charge is -2.30. The first-order chi connectivity index (χ1) is 29.1. The third kappa shape index (κ3) is 5.86. The van der Waals surface area contributed by atoms with Crippen molar-refractivity contribution < 1.29 is 0 Å². The molecule has 0 aliphatic heterocycles. The van der Waals surface area contributed by atoms with E-state index >= 15 is 0 Å². The van der Waals surface area contributed by atoms with Crippen molar-refractivity contribution in [2.45, 2.75) is 12.3 Å². The van der Waals surface area contributed by atoms with Gasteiger partial charge in [0, 0.05) is 22.4 Å². The zero-order valence-electron chi connectivity index (χ0n) is 32.9. The number of rotatable bonds is 7. The van der Waals surface area contributed by atoms with Gasteiger partial charge in [0.2, 0.25) is 0 Å². The quantitative estimate of drug-likeness (QED) is 0.157. The number of fused-ring (bicyclic) bond motifs is 5. The third-order valence-corrected chi connectivity index (χ3v) is 12.5. The van der Waals surface area contributed by atoms with Crippen molar-refractivity contribution in [1.82, 2.24) is 0 Å². The van der Waals surface area contributed by atoms with Gasteiger partial charge >= 0.3 is 0 Å². The van der Waals surface area contributed by atoms with Gasteiger partial charge in [-0.05, 0) is 121 Å². The average Bonchev–Trinajstić information content (AvgIpc) is 3.58. The van der Waals surface area contributed by atoms with Gasteiger partial charge in [0.25, 0.3) is 0 Å². The van der Waals surface area contributed by atoms with Crippen LogP contribution in [0.2, 0.25) is 0 Å². The largest absolute Gasteiger partial charge is 0.310 e. The maximum atomic E-state index is 2.44. The van der Waals surface area contributed by atoms with E-state index in [4.69, 9.17) is 0 Å². The van der Waals surface area contributed by atoms with Crippen molar-refractivity contribution in [3.63, 3.8) is 0 Å². The van der Waals surface area contributed by atoms with Crippen molar-refractivity contribution in [3.8, 4) is 44.5 Å². The minimum Gasteiger partial charge on any atom is -0.310 e. The van der Waals surface area contributed by atoms with Gasteiger partial charge in [0.1, 0.15) is 0 Å². The molecule has 11 rings (SSSR count). The smallest absolute Gasteiger partial charge is 0.0540 e. The Kier molecular flexibility index (Phi) is 8.34. The Labute approximate surface area is 346 Å². The zero-order valence-corrected chi connectivity index (χ0v) is 32.9. The van der Waals surface area contributed by atoms with Crippen LogP contribution in [0.25, 0.3) is 66.1 Å². The lowest BCUT2D eigenvalue weighted by Crippen LogP contribution is -2.22. The minimum absolute atomic E-state index is 0.278. The van der Waals surface area contributed by atoms with Crippen molar-refractivity contribution in [2.75, 3.05) is 4.90 Å². The van der Waals surface area contributed by atoms with E-state index in [2.05, 4.69) is 242 Å². The Hall–Kier alpha value is -7.48. The SMILES string of the molecule is CC1(c2ccccc2)c2ccccc2-c2c(-c3ccccc3N(c3ccc(-c4ccc(-c5ccc6ccccc6c5)cc4)cc3)c3ccc4ccccc4c3)cccc21. The van der Waals surface area contributed by atoms with Gasteiger partial charge in [0.05, 0.1) is 5.69 Å². The number of para-hydroxylation sites is 1. The summed E-state index contributed by atoms with van der Waals surface area (Å²) in [5, 5.41) is 4.96. The standard InChI is InChI=1S/C58H41N/c1-58(48-18-3-2-4-19-48)54-23-11-9-21-53(54)57-52(22-13-24-55(57)58)51-20-10-12-25-56(51)59(50-37-34-41-15-6-8-17-46(41)39-50)49-35-32-43(33-36-49)42-26-28-44(29-27-42)47-31-30-40-14-5-7-16-45(40)38-47/h2-39H,1H3. The molecule has 0 amide bonds. The van der Waals surface area contributed by atoms with E-state index in [1.165, 1.54) is 82.7 Å². The third-order valence-electron chi connectivity index (χ3n) is 12.5. The predicted octanol–water partition coefficient (Wildman–Crippen LogP) is 15.8. The summed E-state index contributed by atoms with van der Waals surface area (Å²) in [6, 6.07) is 84.5. The van der Waals surface area contributed by atoms with Crippen LogP contribution in [0.15, 0.2) is 231 Å². The van der Waals surface area contributed by atoms with Gasteiger partial charge in [-0.3, -0.25) is 0 Å². The van der Waals surface area contributed by atoms with Crippen LogP contribution in [0, 0.1) is 0 Å². The minimum atomic E-state index is -0.278. The number of hydrogen-bond donors (Lipinski definition) is 0. The normalized spacial score (nSPS) is 14.3. The van der Waals surface area contributed by atoms with Gasteiger partial charge in [-0.2, -0.15) is 0 Å². The number of hydrogen-bond acceptors (Lipinski definition) is 1. The lowest BCUT2D eigenvalue weighted by atomic mass is 9.74. The van der Waals surface area contributed by atoms with Crippen LogP contribution in [-0.4, -0.2) is 0 Å². The summed E-state index contributed by atoms with van der Waals surface area (Å²) >= 11 is 0. The second kappa shape index (κ2) is 14.2. The fraction of sp³-hybridized carbons (Fsp3) is 0.0345. The molecule has 0 radical (unpaired) electrons. The molecule has 1 atom stereocenters. The van der Waals surface area contributed by atoms with Crippen LogP contribution in [-0.2, 0) is 5.41 Å². The van der Waals surface area contributed by atoms with Crippen LogP contribution in [0.5, 0.6) is 0 Å². The van der Waals surface area contributed by atoms with Crippen LogP contribution in [0.4, 0.5) is 17.1 Å². The molecule has 0 N–H and O–H groups in total. The van der Waals surface area contributed by atoms with Gasteiger partial charge < -0.3 is 4.90 Å². The van der Waals surface area contributed by atoms with E-state index in [-0.39, 0.29) is 5.41 Å². The molecule has 0 heterocycles. The summed E-state index contributed by atoms with van der Waals surface area (Å²) in [4.78, 5) is 2.44. The molecular formula is C58H41N. The van der Waals surface area contributed by atoms with Crippen LogP contribution in [0.3, 0.4) is 0 Å². The highest BCUT2D eigenvalue weighted by molar-refractivity contribution is 6.00. The van der Waals surface area contributed by atoms with Gasteiger partial charge in [-0.25, -0.2) is 0 Å². The molecule has 0 saturated carbocycles. The summed E-state index contributed by atoms with van der Waals surface area (Å²) in [7, 11) is 0. The Morgan fingerprint density at radius 1 is 0.322 bits per heavy atom. The molecule has 0 fully saturated rings. The zero-order chi connectivity index (χ0) is 39.3. The molecule has 0 saturated heterocycles. The first-order valence-corrected chi connectivity index (χ1v) is 20.5. The van der Waals surface area contributed by atoms with E-state index in [0.29, 0.717) is 0 Å². The highest BCUT2D eigenvalue weighted by Crippen LogP contribution is 2.56. The Balaban J connectivity index is 1.03. The van der Waals surface area contributed by atoms with E-state index in [0.717, 1.165) is 17.1 Å². The lowest BCUT2D eigenvalue weighted by molar-refractivity contribution is 0.714. The molecule has 0 bridgehead atoms. The molecule has 0 spiro atoms. The Bertz CT molecular complexity index is 3160. The summed E-state index contributed by atoms with van der Waals surface area (Å²) in [5.41, 5.74) is 16.9. The highest BCUT2D eigenvalue weighted by atomic mass is 15.1. The molecule has 1 heteroatoms. The van der Waals surface area contributed by atoms with E-state index in [1.807, 2.05) is 0 Å². The first-order valence-electron chi connectivity index (χ1n) is 20.5. The monoisotopic (exact) mass is 751 g/mol. The molecule has 1 unspecified atom stereocenters. The van der Waals surface area contributed by atoms with Gasteiger partial charge in [0.15, 0.2) is 0 Å². The number of anilines is 3. The van der Waals surface area contributed by atoms with Crippen LogP contribution >= 0.6 is 0 Å². The summed E-state index contributed by atoms with van der Waals surface area (Å²) in [6.07, 6.45) is 0. The maximum Gasteiger partial charge on any atom is 0.0540 e. The molecule has 0 aromatic heterocycles.